The summed E-state index contributed by atoms with van der Waals surface area (Å²) in [7, 11) is 2.02. The van der Waals surface area contributed by atoms with Gasteiger partial charge >= 0.3 is 23.9 Å². The molecule has 0 rings (SSSR count). The Morgan fingerprint density at radius 1 is 0.800 bits per heavy atom. The minimum Gasteiger partial charge on any atom is -0.480 e. The minimum atomic E-state index is -2.45. The Morgan fingerprint density at radius 2 is 1.20 bits per heavy atom. The van der Waals surface area contributed by atoms with Crippen molar-refractivity contribution in [3.63, 3.8) is 0 Å². The molecular formula is C17H28O8. The molecule has 25 heavy (non-hydrogen) atoms. The van der Waals surface area contributed by atoms with Gasteiger partial charge in [-0.25, -0.2) is 0 Å². The summed E-state index contributed by atoms with van der Waals surface area (Å²) >= 11 is 0. The number of esters is 3. The molecule has 0 fully saturated rings. The van der Waals surface area contributed by atoms with Gasteiger partial charge in [0.2, 0.25) is 0 Å². The average molecular weight is 360 g/mol. The van der Waals surface area contributed by atoms with Gasteiger partial charge in [-0.1, -0.05) is 27.7 Å². The molecular weight excluding hydrogens is 332 g/mol. The minimum absolute atomic E-state index is 0.298. The standard InChI is InChI=1S/C17H28O8/c1-7-11(8-2)25-15(22)17(10-4,14(21)24-6)16(9-3,12(18)19)13(20)23-5/h11H,7-10H2,1-6H3,(H,18,19). The summed E-state index contributed by atoms with van der Waals surface area (Å²) in [4.78, 5) is 50.1. The lowest BCUT2D eigenvalue weighted by molar-refractivity contribution is -0.203. The van der Waals surface area contributed by atoms with Gasteiger partial charge in [-0.2, -0.15) is 0 Å². The highest BCUT2D eigenvalue weighted by Gasteiger charge is 2.71. The number of carboxylic acids is 1. The molecule has 0 bridgehead atoms. The first-order valence-electron chi connectivity index (χ1n) is 8.31. The zero-order valence-electron chi connectivity index (χ0n) is 15.7. The maximum Gasteiger partial charge on any atom is 0.325 e. The normalized spacial score (nSPS) is 15.6. The Balaban J connectivity index is 6.64. The van der Waals surface area contributed by atoms with Gasteiger partial charge in [0.05, 0.1) is 14.2 Å². The van der Waals surface area contributed by atoms with Crippen molar-refractivity contribution in [2.75, 3.05) is 14.2 Å². The summed E-state index contributed by atoms with van der Waals surface area (Å²) in [6, 6.07) is 0. The van der Waals surface area contributed by atoms with Crippen molar-refractivity contribution in [3.05, 3.63) is 0 Å². The quantitative estimate of drug-likeness (QED) is 0.357. The zero-order valence-corrected chi connectivity index (χ0v) is 15.7. The van der Waals surface area contributed by atoms with Crippen LogP contribution in [0.25, 0.3) is 0 Å². The molecule has 8 nitrogen and oxygen atoms in total. The van der Waals surface area contributed by atoms with E-state index in [0.29, 0.717) is 12.8 Å². The van der Waals surface area contributed by atoms with Crippen molar-refractivity contribution >= 4 is 23.9 Å². The Kier molecular flexibility index (Phi) is 8.59. The highest BCUT2D eigenvalue weighted by molar-refractivity contribution is 6.14. The number of ether oxygens (including phenoxy) is 3. The molecule has 0 aliphatic heterocycles. The third kappa shape index (κ3) is 3.62. The molecule has 0 aromatic rings. The smallest absolute Gasteiger partial charge is 0.325 e. The van der Waals surface area contributed by atoms with E-state index in [2.05, 4.69) is 4.74 Å². The maximum absolute atomic E-state index is 13.0. The molecule has 2 unspecified atom stereocenters. The number of hydrogen-bond acceptors (Lipinski definition) is 7. The second kappa shape index (κ2) is 9.39. The first kappa shape index (κ1) is 22.9. The molecule has 0 saturated carbocycles. The van der Waals surface area contributed by atoms with Crippen LogP contribution >= 0.6 is 0 Å². The summed E-state index contributed by atoms with van der Waals surface area (Å²) in [5, 5.41) is 9.82. The summed E-state index contributed by atoms with van der Waals surface area (Å²) in [6.07, 6.45) is -0.199. The predicted molar refractivity (Wildman–Crippen MR) is 87.6 cm³/mol. The van der Waals surface area contributed by atoms with Crippen molar-refractivity contribution in [2.24, 2.45) is 10.8 Å². The van der Waals surface area contributed by atoms with Crippen LogP contribution in [0.15, 0.2) is 0 Å². The molecule has 0 saturated heterocycles. The van der Waals surface area contributed by atoms with Crippen LogP contribution < -0.4 is 0 Å². The van der Waals surface area contributed by atoms with E-state index in [1.165, 1.54) is 13.8 Å². The summed E-state index contributed by atoms with van der Waals surface area (Å²) in [5.74, 6) is -5.07. The Bertz CT molecular complexity index is 511. The molecule has 0 aromatic carbocycles. The summed E-state index contributed by atoms with van der Waals surface area (Å²) in [5.41, 5.74) is -4.80. The van der Waals surface area contributed by atoms with E-state index in [1.807, 2.05) is 0 Å². The molecule has 0 spiro atoms. The largest absolute Gasteiger partial charge is 0.480 e. The van der Waals surface area contributed by atoms with Crippen molar-refractivity contribution in [2.45, 2.75) is 59.5 Å². The Hall–Kier alpha value is -2.12. The molecule has 0 aliphatic rings. The fourth-order valence-electron chi connectivity index (χ4n) is 3.12. The van der Waals surface area contributed by atoms with E-state index in [0.717, 1.165) is 14.2 Å². The van der Waals surface area contributed by atoms with Crippen molar-refractivity contribution in [1.82, 2.24) is 0 Å². The van der Waals surface area contributed by atoms with Crippen LogP contribution in [-0.4, -0.2) is 49.3 Å². The van der Waals surface area contributed by atoms with E-state index in [4.69, 9.17) is 9.47 Å². The average Bonchev–Trinajstić information content (AvgIpc) is 2.62. The fraction of sp³-hybridized carbons (Fsp3) is 0.765. The van der Waals surface area contributed by atoms with Gasteiger partial charge in [-0.05, 0) is 25.7 Å². The SMILES string of the molecule is CCC(CC)OC(=O)C(CC)(C(=O)OC)C(CC)(C(=O)O)C(=O)OC. The molecule has 0 amide bonds. The lowest BCUT2D eigenvalue weighted by Crippen LogP contribution is -2.62. The highest BCUT2D eigenvalue weighted by atomic mass is 16.6. The van der Waals surface area contributed by atoms with Crippen LogP contribution in [0.4, 0.5) is 0 Å². The molecule has 0 aromatic heterocycles. The van der Waals surface area contributed by atoms with Crippen LogP contribution in [0.1, 0.15) is 53.4 Å². The van der Waals surface area contributed by atoms with E-state index in [-0.39, 0.29) is 12.8 Å². The van der Waals surface area contributed by atoms with Gasteiger partial charge in [0.25, 0.3) is 0 Å². The zero-order chi connectivity index (χ0) is 19.8. The summed E-state index contributed by atoms with van der Waals surface area (Å²) in [6.45, 7) is 6.40. The van der Waals surface area contributed by atoms with E-state index < -0.39 is 40.8 Å². The fourth-order valence-corrected chi connectivity index (χ4v) is 3.12. The number of methoxy groups -OCH3 is 2. The van der Waals surface area contributed by atoms with E-state index in [9.17, 15) is 24.3 Å². The van der Waals surface area contributed by atoms with Crippen molar-refractivity contribution in [3.8, 4) is 0 Å². The maximum atomic E-state index is 13.0. The molecule has 1 N–H and O–H groups in total. The van der Waals surface area contributed by atoms with E-state index in [1.54, 1.807) is 13.8 Å². The van der Waals surface area contributed by atoms with E-state index >= 15 is 0 Å². The van der Waals surface area contributed by atoms with Gasteiger partial charge in [-0.15, -0.1) is 0 Å². The molecule has 8 heteroatoms. The molecule has 0 heterocycles. The number of carbonyl (C=O) groups excluding carboxylic acids is 3. The summed E-state index contributed by atoms with van der Waals surface area (Å²) < 4.78 is 14.7. The first-order chi connectivity index (χ1) is 11.7. The van der Waals surface area contributed by atoms with Gasteiger partial charge < -0.3 is 19.3 Å². The molecule has 144 valence electrons. The van der Waals surface area contributed by atoms with Gasteiger partial charge in [0.1, 0.15) is 6.10 Å². The van der Waals surface area contributed by atoms with Crippen LogP contribution in [0, 0.1) is 10.8 Å². The van der Waals surface area contributed by atoms with Crippen molar-refractivity contribution in [1.29, 1.82) is 0 Å². The topological polar surface area (TPSA) is 116 Å². The third-order valence-electron chi connectivity index (χ3n) is 4.75. The van der Waals surface area contributed by atoms with Crippen LogP contribution in [0.5, 0.6) is 0 Å². The Labute approximate surface area is 147 Å². The second-order valence-electron chi connectivity index (χ2n) is 5.65. The van der Waals surface area contributed by atoms with Gasteiger partial charge in [0.15, 0.2) is 10.8 Å². The third-order valence-corrected chi connectivity index (χ3v) is 4.75. The number of carbonyl (C=O) groups is 4. The molecule has 0 radical (unpaired) electrons. The number of rotatable bonds is 10. The molecule has 0 aliphatic carbocycles. The van der Waals surface area contributed by atoms with Crippen LogP contribution in [-0.2, 0) is 33.4 Å². The highest BCUT2D eigenvalue weighted by Crippen LogP contribution is 2.48. The number of hydrogen-bond donors (Lipinski definition) is 1. The number of aliphatic carboxylic acids is 1. The monoisotopic (exact) mass is 360 g/mol. The van der Waals surface area contributed by atoms with Crippen LogP contribution in [0.2, 0.25) is 0 Å². The first-order valence-corrected chi connectivity index (χ1v) is 8.31. The number of carboxylic acid groups (broad SMARTS) is 1. The van der Waals surface area contributed by atoms with Gasteiger partial charge in [0, 0.05) is 0 Å². The Morgan fingerprint density at radius 3 is 1.48 bits per heavy atom. The van der Waals surface area contributed by atoms with Crippen molar-refractivity contribution < 1.29 is 38.5 Å². The molecule has 2 atom stereocenters. The lowest BCUT2D eigenvalue weighted by Gasteiger charge is -2.41. The predicted octanol–water partition coefficient (Wildman–Crippen LogP) is 1.94. The van der Waals surface area contributed by atoms with Gasteiger partial charge in [-0.3, -0.25) is 19.2 Å². The van der Waals surface area contributed by atoms with Crippen LogP contribution in [0.3, 0.4) is 0 Å². The lowest BCUT2D eigenvalue weighted by atomic mass is 9.59. The second-order valence-corrected chi connectivity index (χ2v) is 5.65.